The van der Waals surface area contributed by atoms with Crippen molar-refractivity contribution in [2.75, 3.05) is 72.6 Å². The standard InChI is InChI=1S/C18H34N4O2/c1-19-6-2-7-20(9-8-19)15-18(24)22-11-10-21(13-16-3-4-16)17(14-22)5-12-23/h16-17,23H,2-15H2,1H3. The quantitative estimate of drug-likeness (QED) is 0.735. The fourth-order valence-electron chi connectivity index (χ4n) is 3.96. The Bertz CT molecular complexity index is 416. The van der Waals surface area contributed by atoms with Gasteiger partial charge in [-0.1, -0.05) is 0 Å². The van der Waals surface area contributed by atoms with E-state index in [0.717, 1.165) is 71.1 Å². The first-order valence-corrected chi connectivity index (χ1v) is 9.69. The molecule has 0 aromatic carbocycles. The van der Waals surface area contributed by atoms with Crippen LogP contribution in [0.3, 0.4) is 0 Å². The zero-order valence-electron chi connectivity index (χ0n) is 15.2. The normalized spacial score (nSPS) is 28.1. The first-order chi connectivity index (χ1) is 11.7. The maximum Gasteiger partial charge on any atom is 0.236 e. The Morgan fingerprint density at radius 3 is 2.67 bits per heavy atom. The molecule has 6 heteroatoms. The van der Waals surface area contributed by atoms with Gasteiger partial charge in [0.15, 0.2) is 0 Å². The number of carbonyl (C=O) groups excluding carboxylic acids is 1. The molecule has 3 fully saturated rings. The smallest absolute Gasteiger partial charge is 0.236 e. The van der Waals surface area contributed by atoms with E-state index in [-0.39, 0.29) is 12.5 Å². The van der Waals surface area contributed by atoms with Gasteiger partial charge in [0.2, 0.25) is 5.91 Å². The number of nitrogens with zero attached hydrogens (tertiary/aromatic N) is 4. The third kappa shape index (κ3) is 5.15. The molecule has 2 aliphatic heterocycles. The molecule has 1 N–H and O–H groups in total. The molecule has 1 unspecified atom stereocenters. The summed E-state index contributed by atoms with van der Waals surface area (Å²) in [6.45, 7) is 8.73. The molecule has 24 heavy (non-hydrogen) atoms. The Morgan fingerprint density at radius 1 is 1.08 bits per heavy atom. The third-order valence-corrected chi connectivity index (χ3v) is 5.78. The summed E-state index contributed by atoms with van der Waals surface area (Å²) in [4.78, 5) is 21.9. The summed E-state index contributed by atoms with van der Waals surface area (Å²) in [6, 6.07) is 0.337. The molecular formula is C18H34N4O2. The molecule has 0 aromatic heterocycles. The number of carbonyl (C=O) groups is 1. The molecule has 0 aromatic rings. The second-order valence-electron chi connectivity index (χ2n) is 7.88. The van der Waals surface area contributed by atoms with Gasteiger partial charge in [0.1, 0.15) is 0 Å². The fourth-order valence-corrected chi connectivity index (χ4v) is 3.96. The highest BCUT2D eigenvalue weighted by Gasteiger charge is 2.33. The number of rotatable bonds is 6. The average Bonchev–Trinajstić information content (AvgIpc) is 3.39. The zero-order chi connectivity index (χ0) is 16.9. The lowest BCUT2D eigenvalue weighted by Gasteiger charge is -2.42. The van der Waals surface area contributed by atoms with E-state index in [1.54, 1.807) is 0 Å². The summed E-state index contributed by atoms with van der Waals surface area (Å²) in [7, 11) is 2.16. The number of piperazine rings is 1. The first kappa shape index (κ1) is 18.1. The Morgan fingerprint density at radius 2 is 1.92 bits per heavy atom. The molecular weight excluding hydrogens is 304 g/mol. The summed E-state index contributed by atoms with van der Waals surface area (Å²) >= 11 is 0. The first-order valence-electron chi connectivity index (χ1n) is 9.69. The van der Waals surface area contributed by atoms with Crippen LogP contribution in [-0.2, 0) is 4.79 Å². The zero-order valence-corrected chi connectivity index (χ0v) is 15.2. The van der Waals surface area contributed by atoms with Crippen LogP contribution in [0.5, 0.6) is 0 Å². The van der Waals surface area contributed by atoms with Crippen molar-refractivity contribution in [3.63, 3.8) is 0 Å². The van der Waals surface area contributed by atoms with E-state index >= 15 is 0 Å². The van der Waals surface area contributed by atoms with E-state index < -0.39 is 0 Å². The van der Waals surface area contributed by atoms with Gasteiger partial charge < -0.3 is 14.9 Å². The van der Waals surface area contributed by atoms with Crippen molar-refractivity contribution in [2.24, 2.45) is 5.92 Å². The van der Waals surface area contributed by atoms with Crippen molar-refractivity contribution in [1.82, 2.24) is 19.6 Å². The summed E-state index contributed by atoms with van der Waals surface area (Å²) in [5.41, 5.74) is 0. The van der Waals surface area contributed by atoms with E-state index in [0.29, 0.717) is 12.6 Å². The molecule has 0 bridgehead atoms. The third-order valence-electron chi connectivity index (χ3n) is 5.78. The number of hydrogen-bond acceptors (Lipinski definition) is 5. The van der Waals surface area contributed by atoms with Crippen molar-refractivity contribution < 1.29 is 9.90 Å². The number of aliphatic hydroxyl groups is 1. The van der Waals surface area contributed by atoms with Crippen molar-refractivity contribution >= 4 is 5.91 Å². The lowest BCUT2D eigenvalue weighted by Crippen LogP contribution is -2.56. The van der Waals surface area contributed by atoms with Crippen LogP contribution < -0.4 is 0 Å². The second-order valence-corrected chi connectivity index (χ2v) is 7.88. The minimum Gasteiger partial charge on any atom is -0.396 e. The minimum absolute atomic E-state index is 0.215. The van der Waals surface area contributed by atoms with Gasteiger partial charge in [0.05, 0.1) is 6.54 Å². The van der Waals surface area contributed by atoms with Crippen molar-refractivity contribution in [1.29, 1.82) is 0 Å². The molecule has 2 saturated heterocycles. The number of amides is 1. The predicted octanol–water partition coefficient (Wildman–Crippen LogP) is -0.0709. The van der Waals surface area contributed by atoms with Gasteiger partial charge in [0.25, 0.3) is 0 Å². The maximum absolute atomic E-state index is 12.7. The van der Waals surface area contributed by atoms with E-state index in [1.165, 1.54) is 12.8 Å². The second kappa shape index (κ2) is 8.61. The molecule has 3 rings (SSSR count). The molecule has 1 atom stereocenters. The van der Waals surface area contributed by atoms with E-state index in [1.807, 2.05) is 4.90 Å². The van der Waals surface area contributed by atoms with Gasteiger partial charge in [-0.15, -0.1) is 0 Å². The topological polar surface area (TPSA) is 50.3 Å². The van der Waals surface area contributed by atoms with Gasteiger partial charge in [-0.05, 0) is 51.7 Å². The molecule has 0 radical (unpaired) electrons. The van der Waals surface area contributed by atoms with Crippen LogP contribution in [0.1, 0.15) is 25.7 Å². The van der Waals surface area contributed by atoms with Crippen LogP contribution in [-0.4, -0.2) is 109 Å². The van der Waals surface area contributed by atoms with Crippen LogP contribution in [0.25, 0.3) is 0 Å². The van der Waals surface area contributed by atoms with Crippen LogP contribution >= 0.6 is 0 Å². The monoisotopic (exact) mass is 338 g/mol. The van der Waals surface area contributed by atoms with Gasteiger partial charge in [-0.25, -0.2) is 0 Å². The van der Waals surface area contributed by atoms with Gasteiger partial charge in [-0.2, -0.15) is 0 Å². The van der Waals surface area contributed by atoms with Gasteiger partial charge in [-0.3, -0.25) is 14.6 Å². The number of likely N-dealkylation sites (N-methyl/N-ethyl adjacent to an activating group) is 1. The lowest BCUT2D eigenvalue weighted by molar-refractivity contribution is -0.135. The molecule has 1 saturated carbocycles. The van der Waals surface area contributed by atoms with Crippen molar-refractivity contribution in [3.8, 4) is 0 Å². The molecule has 1 aliphatic carbocycles. The molecule has 0 spiro atoms. The van der Waals surface area contributed by atoms with Crippen LogP contribution in [0.2, 0.25) is 0 Å². The number of hydrogen-bond donors (Lipinski definition) is 1. The van der Waals surface area contributed by atoms with Crippen LogP contribution in [0, 0.1) is 5.92 Å². The SMILES string of the molecule is CN1CCCN(CC(=O)N2CCN(CC3CC3)C(CCO)C2)CC1. The van der Waals surface area contributed by atoms with E-state index in [4.69, 9.17) is 0 Å². The number of aliphatic hydroxyl groups excluding tert-OH is 1. The summed E-state index contributed by atoms with van der Waals surface area (Å²) in [6.07, 6.45) is 4.64. The van der Waals surface area contributed by atoms with E-state index in [2.05, 4.69) is 21.7 Å². The highest BCUT2D eigenvalue weighted by molar-refractivity contribution is 5.78. The average molecular weight is 338 g/mol. The van der Waals surface area contributed by atoms with Crippen molar-refractivity contribution in [2.45, 2.75) is 31.7 Å². The Kier molecular flexibility index (Phi) is 6.49. The maximum atomic E-state index is 12.7. The highest BCUT2D eigenvalue weighted by atomic mass is 16.3. The Hall–Kier alpha value is -0.690. The lowest BCUT2D eigenvalue weighted by atomic mass is 10.1. The summed E-state index contributed by atoms with van der Waals surface area (Å²) < 4.78 is 0. The highest BCUT2D eigenvalue weighted by Crippen LogP contribution is 2.31. The van der Waals surface area contributed by atoms with Crippen LogP contribution in [0.4, 0.5) is 0 Å². The largest absolute Gasteiger partial charge is 0.396 e. The Balaban J connectivity index is 1.49. The Labute approximate surface area is 146 Å². The summed E-state index contributed by atoms with van der Waals surface area (Å²) in [5, 5.41) is 9.39. The van der Waals surface area contributed by atoms with Gasteiger partial charge in [0, 0.05) is 51.9 Å². The van der Waals surface area contributed by atoms with E-state index in [9.17, 15) is 9.90 Å². The minimum atomic E-state index is 0.215. The van der Waals surface area contributed by atoms with Gasteiger partial charge >= 0.3 is 0 Å². The predicted molar refractivity (Wildman–Crippen MR) is 94.9 cm³/mol. The molecule has 3 aliphatic rings. The van der Waals surface area contributed by atoms with Crippen LogP contribution in [0.15, 0.2) is 0 Å². The molecule has 6 nitrogen and oxygen atoms in total. The molecule has 2 heterocycles. The summed E-state index contributed by atoms with van der Waals surface area (Å²) in [5.74, 6) is 1.14. The fraction of sp³-hybridized carbons (Fsp3) is 0.944. The van der Waals surface area contributed by atoms with Crippen molar-refractivity contribution in [3.05, 3.63) is 0 Å². The molecule has 1 amide bonds. The molecule has 138 valence electrons.